The van der Waals surface area contributed by atoms with Gasteiger partial charge in [0, 0.05) is 32.7 Å². The number of piperazine rings is 1. The molecule has 1 N–H and O–H groups in total. The minimum atomic E-state index is 0.00452. The van der Waals surface area contributed by atoms with Crippen LogP contribution in [0.25, 0.3) is 0 Å². The molecule has 0 unspecified atom stereocenters. The Morgan fingerprint density at radius 3 is 2.67 bits per heavy atom. The molecule has 0 atom stereocenters. The molecule has 2 amide bonds. The third-order valence-electron chi connectivity index (χ3n) is 4.88. The molecule has 0 aromatic heterocycles. The lowest BCUT2D eigenvalue weighted by Gasteiger charge is -2.36. The molecule has 4 rings (SSSR count). The predicted molar refractivity (Wildman–Crippen MR) is 106 cm³/mol. The Balaban J connectivity index is 1.66. The molecule has 27 heavy (non-hydrogen) atoms. The van der Waals surface area contributed by atoms with Gasteiger partial charge in [-0.15, -0.1) is 0 Å². The fourth-order valence-electron chi connectivity index (χ4n) is 3.46. The number of urea groups is 1. The Bertz CT molecular complexity index is 886. The maximum Gasteiger partial charge on any atom is 0.317 e. The summed E-state index contributed by atoms with van der Waals surface area (Å²) < 4.78 is 6.15. The lowest BCUT2D eigenvalue weighted by molar-refractivity contribution is 0.170. The predicted octanol–water partition coefficient (Wildman–Crippen LogP) is 3.53. The van der Waals surface area contributed by atoms with Crippen molar-refractivity contribution in [3.05, 3.63) is 53.6 Å². The van der Waals surface area contributed by atoms with Crippen LogP contribution in [0.3, 0.4) is 0 Å². The Hall–Kier alpha value is -3.02. The zero-order valence-corrected chi connectivity index (χ0v) is 15.7. The van der Waals surface area contributed by atoms with Crippen molar-refractivity contribution in [2.45, 2.75) is 13.8 Å². The number of amidine groups is 1. The number of ether oxygens (including phenoxy) is 1. The van der Waals surface area contributed by atoms with Gasteiger partial charge in [0.1, 0.15) is 17.3 Å². The molecule has 1 saturated heterocycles. The van der Waals surface area contributed by atoms with Crippen LogP contribution in [0.15, 0.2) is 47.5 Å². The maximum absolute atomic E-state index is 12.1. The third-order valence-corrected chi connectivity index (χ3v) is 4.88. The summed E-state index contributed by atoms with van der Waals surface area (Å²) in [5, 5.41) is 2.87. The first-order valence-electron chi connectivity index (χ1n) is 9.40. The number of carbonyl (C=O) groups is 1. The van der Waals surface area contributed by atoms with Crippen LogP contribution in [-0.4, -0.2) is 54.4 Å². The normalized spacial score (nSPS) is 15.9. The van der Waals surface area contributed by atoms with Gasteiger partial charge in [0.2, 0.25) is 0 Å². The molecule has 0 saturated carbocycles. The second-order valence-electron chi connectivity index (χ2n) is 6.81. The van der Waals surface area contributed by atoms with Crippen LogP contribution in [0.4, 0.5) is 10.5 Å². The van der Waals surface area contributed by atoms with Crippen LogP contribution in [-0.2, 0) is 0 Å². The van der Waals surface area contributed by atoms with E-state index >= 15 is 0 Å². The van der Waals surface area contributed by atoms with Gasteiger partial charge in [0.25, 0.3) is 0 Å². The van der Waals surface area contributed by atoms with Gasteiger partial charge in [-0.25, -0.2) is 9.79 Å². The number of hydrogen-bond donors (Lipinski definition) is 1. The molecular weight excluding hydrogens is 340 g/mol. The van der Waals surface area contributed by atoms with Crippen LogP contribution in [0.2, 0.25) is 0 Å². The number of amides is 2. The molecule has 6 heteroatoms. The van der Waals surface area contributed by atoms with Crippen molar-refractivity contribution < 1.29 is 9.53 Å². The summed E-state index contributed by atoms with van der Waals surface area (Å²) in [5.74, 6) is 2.49. The summed E-state index contributed by atoms with van der Waals surface area (Å²) in [7, 11) is 0. The number of aryl methyl sites for hydroxylation is 1. The lowest BCUT2D eigenvalue weighted by atomic mass is 10.1. The van der Waals surface area contributed by atoms with Crippen molar-refractivity contribution in [3.63, 3.8) is 0 Å². The van der Waals surface area contributed by atoms with Crippen molar-refractivity contribution in [1.82, 2.24) is 15.1 Å². The number of para-hydroxylation sites is 2. The highest BCUT2D eigenvalue weighted by Gasteiger charge is 2.27. The van der Waals surface area contributed by atoms with Crippen molar-refractivity contribution in [1.29, 1.82) is 0 Å². The van der Waals surface area contributed by atoms with E-state index in [0.29, 0.717) is 19.6 Å². The summed E-state index contributed by atoms with van der Waals surface area (Å²) in [5.41, 5.74) is 2.99. The number of hydrogen-bond acceptors (Lipinski definition) is 4. The quantitative estimate of drug-likeness (QED) is 0.842. The molecule has 2 aliphatic heterocycles. The monoisotopic (exact) mass is 364 g/mol. The molecule has 2 aromatic carbocycles. The van der Waals surface area contributed by atoms with Crippen LogP contribution < -0.4 is 10.1 Å². The van der Waals surface area contributed by atoms with Gasteiger partial charge in [-0.05, 0) is 38.1 Å². The fourth-order valence-corrected chi connectivity index (χ4v) is 3.46. The highest BCUT2D eigenvalue weighted by Crippen LogP contribution is 2.38. The summed E-state index contributed by atoms with van der Waals surface area (Å²) in [6, 6.07) is 14.0. The van der Waals surface area contributed by atoms with Gasteiger partial charge in [0.05, 0.1) is 5.56 Å². The van der Waals surface area contributed by atoms with E-state index in [1.165, 1.54) is 0 Å². The van der Waals surface area contributed by atoms with E-state index in [4.69, 9.17) is 9.73 Å². The molecule has 0 radical (unpaired) electrons. The SMILES string of the molecule is CCNC(=O)N1CCN(C2=Nc3ccccc3Oc3ccc(C)cc32)CC1. The third kappa shape index (κ3) is 3.47. The average molecular weight is 364 g/mol. The largest absolute Gasteiger partial charge is 0.454 e. The zero-order chi connectivity index (χ0) is 18.8. The second-order valence-corrected chi connectivity index (χ2v) is 6.81. The molecule has 1 fully saturated rings. The summed E-state index contributed by atoms with van der Waals surface area (Å²) in [6.45, 7) is 7.49. The standard InChI is InChI=1S/C21H24N4O2/c1-3-22-21(26)25-12-10-24(11-13-25)20-16-14-15(2)8-9-18(16)27-19-7-5-4-6-17(19)23-20/h4-9,14H,3,10-13H2,1-2H3,(H,22,26). The van der Waals surface area contributed by atoms with E-state index in [2.05, 4.69) is 29.3 Å². The van der Waals surface area contributed by atoms with E-state index in [9.17, 15) is 4.79 Å². The molecule has 2 aromatic rings. The number of rotatable bonds is 1. The molecule has 6 nitrogen and oxygen atoms in total. The number of nitrogens with zero attached hydrogens (tertiary/aromatic N) is 3. The smallest absolute Gasteiger partial charge is 0.317 e. The van der Waals surface area contributed by atoms with Crippen molar-refractivity contribution in [2.24, 2.45) is 4.99 Å². The Morgan fingerprint density at radius 2 is 1.89 bits per heavy atom. The van der Waals surface area contributed by atoms with Crippen LogP contribution in [0.1, 0.15) is 18.1 Å². The lowest BCUT2D eigenvalue weighted by Crippen LogP contribution is -2.53. The average Bonchev–Trinajstić information content (AvgIpc) is 2.85. The van der Waals surface area contributed by atoms with Crippen molar-refractivity contribution >= 4 is 17.6 Å². The number of carbonyl (C=O) groups excluding carboxylic acids is 1. The van der Waals surface area contributed by atoms with E-state index in [1.54, 1.807) is 0 Å². The van der Waals surface area contributed by atoms with E-state index < -0.39 is 0 Å². The van der Waals surface area contributed by atoms with Crippen molar-refractivity contribution in [3.8, 4) is 11.5 Å². The second kappa shape index (κ2) is 7.31. The molecule has 140 valence electrons. The molecule has 2 aliphatic rings. The highest BCUT2D eigenvalue weighted by molar-refractivity contribution is 6.04. The fraction of sp³-hybridized carbons (Fsp3) is 0.333. The number of nitrogens with one attached hydrogen (secondary N) is 1. The number of benzene rings is 2. The van der Waals surface area contributed by atoms with Gasteiger partial charge in [0.15, 0.2) is 5.75 Å². The number of fused-ring (bicyclic) bond motifs is 2. The number of aliphatic imine (C=N–C) groups is 1. The molecule has 0 bridgehead atoms. The Kier molecular flexibility index (Phi) is 4.71. The van der Waals surface area contributed by atoms with Gasteiger partial charge < -0.3 is 19.9 Å². The highest BCUT2D eigenvalue weighted by atomic mass is 16.5. The molecular formula is C21H24N4O2. The molecule has 0 spiro atoms. The van der Waals surface area contributed by atoms with Crippen LogP contribution in [0.5, 0.6) is 11.5 Å². The van der Waals surface area contributed by atoms with Gasteiger partial charge in [-0.2, -0.15) is 0 Å². The van der Waals surface area contributed by atoms with Crippen LogP contribution in [0, 0.1) is 6.92 Å². The summed E-state index contributed by atoms with van der Waals surface area (Å²) in [4.78, 5) is 21.1. The molecule has 0 aliphatic carbocycles. The first kappa shape index (κ1) is 17.4. The Morgan fingerprint density at radius 1 is 1.11 bits per heavy atom. The summed E-state index contributed by atoms with van der Waals surface area (Å²) >= 11 is 0. The van der Waals surface area contributed by atoms with Crippen LogP contribution >= 0.6 is 0 Å². The van der Waals surface area contributed by atoms with E-state index in [0.717, 1.165) is 47.2 Å². The van der Waals surface area contributed by atoms with Gasteiger partial charge in [-0.1, -0.05) is 23.8 Å². The minimum Gasteiger partial charge on any atom is -0.454 e. The topological polar surface area (TPSA) is 57.2 Å². The van der Waals surface area contributed by atoms with Crippen molar-refractivity contribution in [2.75, 3.05) is 32.7 Å². The van der Waals surface area contributed by atoms with E-state index in [-0.39, 0.29) is 6.03 Å². The Labute approximate surface area is 159 Å². The first-order chi connectivity index (χ1) is 13.2. The minimum absolute atomic E-state index is 0.00452. The first-order valence-corrected chi connectivity index (χ1v) is 9.40. The van der Waals surface area contributed by atoms with Gasteiger partial charge >= 0.3 is 6.03 Å². The summed E-state index contributed by atoms with van der Waals surface area (Å²) in [6.07, 6.45) is 0. The maximum atomic E-state index is 12.1. The van der Waals surface area contributed by atoms with E-state index in [1.807, 2.05) is 42.2 Å². The molecule has 2 heterocycles. The zero-order valence-electron chi connectivity index (χ0n) is 15.7. The van der Waals surface area contributed by atoms with Gasteiger partial charge in [-0.3, -0.25) is 0 Å².